The standard InChI is InChI=1S/C13H11ClO4/c1-6-4-9-5-10(14)12(17-8(3)15)7(2)11(9)18-13(6)16/h4-5H,1-3H3. The summed E-state index contributed by atoms with van der Waals surface area (Å²) >= 11 is 6.05. The largest absolute Gasteiger partial charge is 0.425 e. The number of benzene rings is 1. The molecule has 0 fully saturated rings. The number of ether oxygens (including phenoxy) is 1. The van der Waals surface area contributed by atoms with Crippen molar-refractivity contribution in [3.63, 3.8) is 0 Å². The van der Waals surface area contributed by atoms with Gasteiger partial charge < -0.3 is 9.15 Å². The third kappa shape index (κ3) is 2.11. The Kier molecular flexibility index (Phi) is 3.13. The van der Waals surface area contributed by atoms with Crippen molar-refractivity contribution >= 4 is 28.5 Å². The van der Waals surface area contributed by atoms with E-state index in [0.717, 1.165) is 0 Å². The van der Waals surface area contributed by atoms with E-state index in [1.54, 1.807) is 26.0 Å². The Morgan fingerprint density at radius 2 is 2.00 bits per heavy atom. The maximum atomic E-state index is 11.5. The van der Waals surface area contributed by atoms with Gasteiger partial charge in [-0.2, -0.15) is 0 Å². The number of aryl methyl sites for hydroxylation is 2. The van der Waals surface area contributed by atoms with Crippen LogP contribution in [0.3, 0.4) is 0 Å². The molecule has 0 atom stereocenters. The molecular weight excluding hydrogens is 256 g/mol. The zero-order valence-corrected chi connectivity index (χ0v) is 10.9. The van der Waals surface area contributed by atoms with Crippen molar-refractivity contribution in [2.24, 2.45) is 0 Å². The molecule has 1 aromatic carbocycles. The fourth-order valence-electron chi connectivity index (χ4n) is 1.74. The van der Waals surface area contributed by atoms with E-state index >= 15 is 0 Å². The van der Waals surface area contributed by atoms with Crippen LogP contribution in [0.25, 0.3) is 11.0 Å². The molecule has 0 amide bonds. The van der Waals surface area contributed by atoms with Gasteiger partial charge in [-0.05, 0) is 26.0 Å². The SMILES string of the molecule is CC(=O)Oc1c(Cl)cc2cc(C)c(=O)oc2c1C. The maximum absolute atomic E-state index is 11.5. The summed E-state index contributed by atoms with van der Waals surface area (Å²) in [5, 5.41) is 1.01. The summed E-state index contributed by atoms with van der Waals surface area (Å²) in [5.74, 6) is -0.252. The lowest BCUT2D eigenvalue weighted by atomic mass is 10.1. The van der Waals surface area contributed by atoms with Gasteiger partial charge in [0.15, 0.2) is 5.75 Å². The van der Waals surface area contributed by atoms with E-state index in [4.69, 9.17) is 20.8 Å². The monoisotopic (exact) mass is 266 g/mol. The van der Waals surface area contributed by atoms with Crippen LogP contribution in [0, 0.1) is 13.8 Å². The van der Waals surface area contributed by atoms with Crippen LogP contribution in [0.15, 0.2) is 21.3 Å². The molecule has 0 spiro atoms. The van der Waals surface area contributed by atoms with Crippen LogP contribution in [0.5, 0.6) is 5.75 Å². The highest BCUT2D eigenvalue weighted by Crippen LogP contribution is 2.34. The van der Waals surface area contributed by atoms with Gasteiger partial charge in [0.25, 0.3) is 0 Å². The van der Waals surface area contributed by atoms with E-state index in [1.807, 2.05) is 0 Å². The van der Waals surface area contributed by atoms with Crippen LogP contribution in [0.2, 0.25) is 5.02 Å². The van der Waals surface area contributed by atoms with E-state index in [1.165, 1.54) is 6.92 Å². The smallest absolute Gasteiger partial charge is 0.339 e. The Balaban J connectivity index is 2.80. The van der Waals surface area contributed by atoms with E-state index in [-0.39, 0.29) is 5.75 Å². The number of esters is 1. The highest BCUT2D eigenvalue weighted by atomic mass is 35.5. The third-order valence-electron chi connectivity index (χ3n) is 2.58. The summed E-state index contributed by atoms with van der Waals surface area (Å²) in [7, 11) is 0. The Hall–Kier alpha value is -1.81. The molecule has 1 heterocycles. The van der Waals surface area contributed by atoms with E-state index in [2.05, 4.69) is 0 Å². The second kappa shape index (κ2) is 4.46. The summed E-state index contributed by atoms with van der Waals surface area (Å²) in [5.41, 5.74) is 0.996. The first-order chi connectivity index (χ1) is 8.40. The van der Waals surface area contributed by atoms with Crippen molar-refractivity contribution < 1.29 is 13.9 Å². The maximum Gasteiger partial charge on any atom is 0.339 e. The second-order valence-corrected chi connectivity index (χ2v) is 4.45. The molecule has 0 N–H and O–H groups in total. The molecule has 18 heavy (non-hydrogen) atoms. The molecular formula is C13H11ClO4. The third-order valence-corrected chi connectivity index (χ3v) is 2.86. The lowest BCUT2D eigenvalue weighted by Gasteiger charge is -2.10. The molecule has 0 aliphatic carbocycles. The van der Waals surface area contributed by atoms with Gasteiger partial charge in [-0.1, -0.05) is 11.6 Å². The van der Waals surface area contributed by atoms with Crippen LogP contribution in [-0.2, 0) is 4.79 Å². The molecule has 4 nitrogen and oxygen atoms in total. The van der Waals surface area contributed by atoms with Crippen molar-refractivity contribution in [1.29, 1.82) is 0 Å². The quantitative estimate of drug-likeness (QED) is 0.452. The van der Waals surface area contributed by atoms with Gasteiger partial charge in [0.05, 0.1) is 5.02 Å². The van der Waals surface area contributed by atoms with Crippen molar-refractivity contribution in [1.82, 2.24) is 0 Å². The van der Waals surface area contributed by atoms with Crippen molar-refractivity contribution in [2.75, 3.05) is 0 Å². The summed E-state index contributed by atoms with van der Waals surface area (Å²) < 4.78 is 10.2. The number of fused-ring (bicyclic) bond motifs is 1. The minimum atomic E-state index is -0.478. The molecule has 94 valence electrons. The first kappa shape index (κ1) is 12.6. The Bertz CT molecular complexity index is 700. The minimum absolute atomic E-state index is 0.226. The van der Waals surface area contributed by atoms with Crippen LogP contribution in [0.4, 0.5) is 0 Å². The van der Waals surface area contributed by atoms with Crippen molar-refractivity contribution in [3.8, 4) is 5.75 Å². The predicted molar refractivity (Wildman–Crippen MR) is 68.3 cm³/mol. The minimum Gasteiger partial charge on any atom is -0.425 e. The number of rotatable bonds is 1. The van der Waals surface area contributed by atoms with Crippen LogP contribution < -0.4 is 10.4 Å². The second-order valence-electron chi connectivity index (χ2n) is 4.04. The first-order valence-electron chi connectivity index (χ1n) is 5.32. The fraction of sp³-hybridized carbons (Fsp3) is 0.231. The van der Waals surface area contributed by atoms with Gasteiger partial charge >= 0.3 is 11.6 Å². The zero-order chi connectivity index (χ0) is 13.4. The van der Waals surface area contributed by atoms with E-state index < -0.39 is 11.6 Å². The van der Waals surface area contributed by atoms with Gasteiger partial charge in [0.1, 0.15) is 5.58 Å². The summed E-state index contributed by atoms with van der Waals surface area (Å²) in [6.45, 7) is 4.63. The van der Waals surface area contributed by atoms with Crippen molar-refractivity contribution in [3.05, 3.63) is 38.7 Å². The van der Waals surface area contributed by atoms with Crippen LogP contribution in [-0.4, -0.2) is 5.97 Å². The summed E-state index contributed by atoms with van der Waals surface area (Å²) in [4.78, 5) is 22.5. The Labute approximate surface area is 108 Å². The molecule has 0 radical (unpaired) electrons. The van der Waals surface area contributed by atoms with Gasteiger partial charge in [-0.25, -0.2) is 4.79 Å². The zero-order valence-electron chi connectivity index (χ0n) is 10.2. The molecule has 5 heteroatoms. The molecule has 2 rings (SSSR count). The molecule has 0 bridgehead atoms. The molecule has 0 unspecified atom stereocenters. The number of carbonyl (C=O) groups is 1. The average molecular weight is 267 g/mol. The lowest BCUT2D eigenvalue weighted by Crippen LogP contribution is -2.06. The first-order valence-corrected chi connectivity index (χ1v) is 5.70. The molecule has 0 aliphatic heterocycles. The van der Waals surface area contributed by atoms with Crippen molar-refractivity contribution in [2.45, 2.75) is 20.8 Å². The summed E-state index contributed by atoms with van der Waals surface area (Å²) in [6, 6.07) is 3.30. The highest BCUT2D eigenvalue weighted by Gasteiger charge is 2.15. The number of halogens is 1. The van der Waals surface area contributed by atoms with Gasteiger partial charge in [0.2, 0.25) is 0 Å². The molecule has 1 aromatic heterocycles. The van der Waals surface area contributed by atoms with Gasteiger partial charge in [-0.15, -0.1) is 0 Å². The number of hydrogen-bond acceptors (Lipinski definition) is 4. The normalized spacial score (nSPS) is 10.7. The van der Waals surface area contributed by atoms with Crippen LogP contribution >= 0.6 is 11.6 Å². The highest BCUT2D eigenvalue weighted by molar-refractivity contribution is 6.33. The summed E-state index contributed by atoms with van der Waals surface area (Å²) in [6.07, 6.45) is 0. The number of hydrogen-bond donors (Lipinski definition) is 0. The molecule has 0 saturated carbocycles. The Morgan fingerprint density at radius 1 is 1.33 bits per heavy atom. The topological polar surface area (TPSA) is 56.5 Å². The predicted octanol–water partition coefficient (Wildman–Crippen LogP) is 2.99. The lowest BCUT2D eigenvalue weighted by molar-refractivity contribution is -0.131. The fourth-order valence-corrected chi connectivity index (χ4v) is 2.04. The van der Waals surface area contributed by atoms with E-state index in [0.29, 0.717) is 27.1 Å². The average Bonchev–Trinajstić information content (AvgIpc) is 2.27. The Morgan fingerprint density at radius 3 is 2.61 bits per heavy atom. The molecule has 2 aromatic rings. The molecule has 0 saturated heterocycles. The van der Waals surface area contributed by atoms with Gasteiger partial charge in [0, 0.05) is 23.4 Å². The molecule has 0 aliphatic rings. The van der Waals surface area contributed by atoms with Crippen LogP contribution in [0.1, 0.15) is 18.1 Å². The van der Waals surface area contributed by atoms with E-state index in [9.17, 15) is 9.59 Å². The number of carbonyl (C=O) groups excluding carboxylic acids is 1. The van der Waals surface area contributed by atoms with Gasteiger partial charge in [-0.3, -0.25) is 4.79 Å².